The fourth-order valence-electron chi connectivity index (χ4n) is 2.97. The van der Waals surface area contributed by atoms with Crippen LogP contribution < -0.4 is 0 Å². The Morgan fingerprint density at radius 1 is 1.35 bits per heavy atom. The largest absolute Gasteiger partial charge is 0.300 e. The normalized spacial score (nSPS) is 19.7. The maximum atomic E-state index is 13.6. The second-order valence-electron chi connectivity index (χ2n) is 5.30. The lowest BCUT2D eigenvalue weighted by Crippen LogP contribution is -2.38. The molecule has 20 heavy (non-hydrogen) atoms. The SMILES string of the molecule is CCN(CC)C1CCN(CC(=O)c2ccccc2F)C1. The number of likely N-dealkylation sites (N-methyl/N-ethyl adjacent to an activating group) is 1. The van der Waals surface area contributed by atoms with E-state index in [2.05, 4.69) is 23.6 Å². The van der Waals surface area contributed by atoms with Crippen molar-refractivity contribution in [3.63, 3.8) is 0 Å². The van der Waals surface area contributed by atoms with Crippen molar-refractivity contribution in [2.45, 2.75) is 26.3 Å². The molecule has 2 rings (SSSR count). The van der Waals surface area contributed by atoms with Gasteiger partial charge in [0.25, 0.3) is 0 Å². The average molecular weight is 278 g/mol. The van der Waals surface area contributed by atoms with Gasteiger partial charge < -0.3 is 0 Å². The van der Waals surface area contributed by atoms with Crippen LogP contribution in [-0.4, -0.2) is 54.3 Å². The third kappa shape index (κ3) is 3.44. The molecule has 1 saturated heterocycles. The predicted octanol–water partition coefficient (Wildman–Crippen LogP) is 2.42. The molecule has 0 N–H and O–H groups in total. The number of likely N-dealkylation sites (tertiary alicyclic amines) is 1. The first-order valence-electron chi connectivity index (χ1n) is 7.39. The van der Waals surface area contributed by atoms with E-state index in [9.17, 15) is 9.18 Å². The Kier molecular flexibility index (Phi) is 5.26. The molecule has 1 aliphatic heterocycles. The van der Waals surface area contributed by atoms with Crippen LogP contribution in [0.5, 0.6) is 0 Å². The standard InChI is InChI=1S/C16H23FN2O/c1-3-19(4-2)13-9-10-18(11-13)12-16(20)14-7-5-6-8-15(14)17/h5-8,13H,3-4,9-12H2,1-2H3. The lowest BCUT2D eigenvalue weighted by Gasteiger charge is -2.26. The van der Waals surface area contributed by atoms with Gasteiger partial charge in [-0.05, 0) is 31.6 Å². The third-order valence-electron chi connectivity index (χ3n) is 4.12. The van der Waals surface area contributed by atoms with E-state index < -0.39 is 5.82 Å². The Bertz CT molecular complexity index is 460. The summed E-state index contributed by atoms with van der Waals surface area (Å²) in [5, 5.41) is 0. The Labute approximate surface area is 120 Å². The van der Waals surface area contributed by atoms with Crippen molar-refractivity contribution in [2.75, 3.05) is 32.7 Å². The summed E-state index contributed by atoms with van der Waals surface area (Å²) in [5.41, 5.74) is 0.207. The molecule has 1 atom stereocenters. The van der Waals surface area contributed by atoms with Gasteiger partial charge in [-0.25, -0.2) is 4.39 Å². The molecule has 1 fully saturated rings. The zero-order valence-corrected chi connectivity index (χ0v) is 12.3. The van der Waals surface area contributed by atoms with Gasteiger partial charge in [-0.2, -0.15) is 0 Å². The van der Waals surface area contributed by atoms with Crippen LogP contribution in [0.1, 0.15) is 30.6 Å². The van der Waals surface area contributed by atoms with E-state index in [4.69, 9.17) is 0 Å². The highest BCUT2D eigenvalue weighted by Crippen LogP contribution is 2.16. The van der Waals surface area contributed by atoms with E-state index in [1.54, 1.807) is 18.2 Å². The molecule has 0 spiro atoms. The van der Waals surface area contributed by atoms with E-state index in [1.165, 1.54) is 6.07 Å². The van der Waals surface area contributed by atoms with E-state index in [0.29, 0.717) is 12.6 Å². The van der Waals surface area contributed by atoms with E-state index in [-0.39, 0.29) is 11.3 Å². The Morgan fingerprint density at radius 3 is 2.70 bits per heavy atom. The first kappa shape index (κ1) is 15.1. The lowest BCUT2D eigenvalue weighted by molar-refractivity contribution is 0.0935. The smallest absolute Gasteiger partial charge is 0.179 e. The molecule has 1 aliphatic rings. The van der Waals surface area contributed by atoms with Gasteiger partial charge >= 0.3 is 0 Å². The van der Waals surface area contributed by atoms with Gasteiger partial charge in [-0.15, -0.1) is 0 Å². The monoisotopic (exact) mass is 278 g/mol. The topological polar surface area (TPSA) is 23.6 Å². The zero-order chi connectivity index (χ0) is 14.5. The van der Waals surface area contributed by atoms with Crippen molar-refractivity contribution in [1.29, 1.82) is 0 Å². The summed E-state index contributed by atoms with van der Waals surface area (Å²) in [4.78, 5) is 16.7. The van der Waals surface area contributed by atoms with Crippen LogP contribution in [0.25, 0.3) is 0 Å². The van der Waals surface area contributed by atoms with Crippen LogP contribution in [-0.2, 0) is 0 Å². The second kappa shape index (κ2) is 6.95. The summed E-state index contributed by atoms with van der Waals surface area (Å²) < 4.78 is 13.6. The van der Waals surface area contributed by atoms with Crippen LogP contribution in [0.3, 0.4) is 0 Å². The first-order valence-corrected chi connectivity index (χ1v) is 7.39. The lowest BCUT2D eigenvalue weighted by atomic mass is 10.1. The number of carbonyl (C=O) groups is 1. The third-order valence-corrected chi connectivity index (χ3v) is 4.12. The van der Waals surface area contributed by atoms with Crippen LogP contribution in [0.4, 0.5) is 4.39 Å². The molecule has 0 aliphatic carbocycles. The zero-order valence-electron chi connectivity index (χ0n) is 12.3. The molecule has 0 amide bonds. The van der Waals surface area contributed by atoms with Gasteiger partial charge in [0, 0.05) is 19.1 Å². The molecular weight excluding hydrogens is 255 g/mol. The van der Waals surface area contributed by atoms with Gasteiger partial charge in [0.2, 0.25) is 0 Å². The maximum absolute atomic E-state index is 13.6. The van der Waals surface area contributed by atoms with Crippen LogP contribution >= 0.6 is 0 Å². The van der Waals surface area contributed by atoms with Gasteiger partial charge in [0.1, 0.15) is 5.82 Å². The summed E-state index contributed by atoms with van der Waals surface area (Å²) >= 11 is 0. The molecule has 0 bridgehead atoms. The number of hydrogen-bond acceptors (Lipinski definition) is 3. The molecule has 0 radical (unpaired) electrons. The number of Topliss-reactive ketones (excluding diaryl/α,β-unsaturated/α-hetero) is 1. The minimum atomic E-state index is -0.419. The van der Waals surface area contributed by atoms with Crippen LogP contribution in [0.2, 0.25) is 0 Å². The van der Waals surface area contributed by atoms with Crippen molar-refractivity contribution in [2.24, 2.45) is 0 Å². The van der Waals surface area contributed by atoms with Crippen molar-refractivity contribution in [1.82, 2.24) is 9.80 Å². The Morgan fingerprint density at radius 2 is 2.05 bits per heavy atom. The molecule has 4 heteroatoms. The fourth-order valence-corrected chi connectivity index (χ4v) is 2.97. The second-order valence-corrected chi connectivity index (χ2v) is 5.30. The molecule has 1 aromatic carbocycles. The number of ketones is 1. The number of rotatable bonds is 6. The molecule has 0 aromatic heterocycles. The number of halogens is 1. The number of hydrogen-bond donors (Lipinski definition) is 0. The molecular formula is C16H23FN2O. The predicted molar refractivity (Wildman–Crippen MR) is 78.5 cm³/mol. The molecule has 1 unspecified atom stereocenters. The Hall–Kier alpha value is -1.26. The molecule has 1 aromatic rings. The summed E-state index contributed by atoms with van der Waals surface area (Å²) in [6, 6.07) is 6.75. The molecule has 3 nitrogen and oxygen atoms in total. The number of nitrogens with zero attached hydrogens (tertiary/aromatic N) is 2. The maximum Gasteiger partial charge on any atom is 0.179 e. The quantitative estimate of drug-likeness (QED) is 0.747. The van der Waals surface area contributed by atoms with E-state index in [0.717, 1.165) is 32.6 Å². The van der Waals surface area contributed by atoms with Gasteiger partial charge in [0.15, 0.2) is 5.78 Å². The highest BCUT2D eigenvalue weighted by atomic mass is 19.1. The fraction of sp³-hybridized carbons (Fsp3) is 0.562. The molecule has 1 heterocycles. The van der Waals surface area contributed by atoms with E-state index in [1.807, 2.05) is 0 Å². The van der Waals surface area contributed by atoms with Gasteiger partial charge in [0.05, 0.1) is 12.1 Å². The van der Waals surface area contributed by atoms with Crippen LogP contribution in [0, 0.1) is 5.82 Å². The summed E-state index contributed by atoms with van der Waals surface area (Å²) in [7, 11) is 0. The van der Waals surface area contributed by atoms with Crippen LogP contribution in [0.15, 0.2) is 24.3 Å². The number of benzene rings is 1. The van der Waals surface area contributed by atoms with Crippen molar-refractivity contribution >= 4 is 5.78 Å². The summed E-state index contributed by atoms with van der Waals surface area (Å²) in [5.74, 6) is -0.541. The minimum absolute atomic E-state index is 0.122. The molecule has 0 saturated carbocycles. The summed E-state index contributed by atoms with van der Waals surface area (Å²) in [6.45, 7) is 8.54. The van der Waals surface area contributed by atoms with Crippen molar-refractivity contribution in [3.05, 3.63) is 35.6 Å². The Balaban J connectivity index is 1.92. The molecule has 110 valence electrons. The average Bonchev–Trinajstić information content (AvgIpc) is 2.89. The minimum Gasteiger partial charge on any atom is -0.300 e. The number of carbonyl (C=O) groups excluding carboxylic acids is 1. The highest BCUT2D eigenvalue weighted by molar-refractivity contribution is 5.97. The van der Waals surface area contributed by atoms with Gasteiger partial charge in [-0.1, -0.05) is 26.0 Å². The first-order chi connectivity index (χ1) is 9.65. The van der Waals surface area contributed by atoms with Crippen molar-refractivity contribution in [3.8, 4) is 0 Å². The summed E-state index contributed by atoms with van der Waals surface area (Å²) in [6.07, 6.45) is 1.09. The van der Waals surface area contributed by atoms with Crippen molar-refractivity contribution < 1.29 is 9.18 Å². The van der Waals surface area contributed by atoms with Gasteiger partial charge in [-0.3, -0.25) is 14.6 Å². The van der Waals surface area contributed by atoms with E-state index >= 15 is 0 Å². The highest BCUT2D eigenvalue weighted by Gasteiger charge is 2.27.